The molecule has 0 saturated heterocycles. The van der Waals surface area contributed by atoms with E-state index in [-0.39, 0.29) is 11.8 Å². The third-order valence-corrected chi connectivity index (χ3v) is 5.85. The van der Waals surface area contributed by atoms with Gasteiger partial charge in [-0.05, 0) is 25.3 Å². The van der Waals surface area contributed by atoms with Crippen molar-refractivity contribution in [1.82, 2.24) is 25.0 Å². The summed E-state index contributed by atoms with van der Waals surface area (Å²) in [7, 11) is 0. The fraction of sp³-hybridized carbons (Fsp3) is 0.571. The second-order valence-electron chi connectivity index (χ2n) is 7.86. The molecule has 1 aliphatic heterocycles. The minimum atomic E-state index is 0.209. The summed E-state index contributed by atoms with van der Waals surface area (Å²) in [6.45, 7) is 6.68. The number of amides is 1. The number of carbonyl (C=O) groups excluding carboxylic acids is 1. The van der Waals surface area contributed by atoms with Crippen molar-refractivity contribution >= 4 is 5.91 Å². The largest absolute Gasteiger partial charge is 0.355 e. The summed E-state index contributed by atoms with van der Waals surface area (Å²) < 4.78 is 2.25. The molecular formula is C21H29N5O. The molecule has 2 aliphatic rings. The Morgan fingerprint density at radius 1 is 1.15 bits per heavy atom. The molecule has 1 aliphatic carbocycles. The lowest BCUT2D eigenvalue weighted by molar-refractivity contribution is -0.127. The highest BCUT2D eigenvalue weighted by Crippen LogP contribution is 2.26. The number of hydrogen-bond donors (Lipinski definition) is 1. The molecule has 0 bridgehead atoms. The number of nitrogens with one attached hydrogen (secondary N) is 1. The average molecular weight is 367 g/mol. The Kier molecular flexibility index (Phi) is 5.53. The lowest BCUT2D eigenvalue weighted by Crippen LogP contribution is -2.35. The van der Waals surface area contributed by atoms with Gasteiger partial charge in [0.15, 0.2) is 0 Å². The third kappa shape index (κ3) is 4.38. The van der Waals surface area contributed by atoms with Crippen molar-refractivity contribution in [2.45, 2.75) is 52.1 Å². The number of hydrogen-bond acceptors (Lipinski definition) is 4. The van der Waals surface area contributed by atoms with Crippen LogP contribution in [-0.2, 0) is 30.7 Å². The predicted molar refractivity (Wildman–Crippen MR) is 104 cm³/mol. The van der Waals surface area contributed by atoms with Crippen LogP contribution in [0.4, 0.5) is 0 Å². The molecule has 0 unspecified atom stereocenters. The standard InChI is InChI=1S/C21H29N5O/c1-16-5-7-17(8-6-16)15-25-12-10-20-24-23-19(26(20)14-13-25)9-11-22-21(27)18-3-2-4-18/h5-8,18H,2-4,9-15H2,1H3,(H,22,27). The van der Waals surface area contributed by atoms with Crippen LogP contribution in [0.15, 0.2) is 24.3 Å². The molecule has 2 aromatic rings. The van der Waals surface area contributed by atoms with Crippen molar-refractivity contribution in [3.8, 4) is 0 Å². The molecule has 0 atom stereocenters. The van der Waals surface area contributed by atoms with Gasteiger partial charge >= 0.3 is 0 Å². The zero-order valence-electron chi connectivity index (χ0n) is 16.2. The Bertz CT molecular complexity index is 778. The number of benzene rings is 1. The van der Waals surface area contributed by atoms with Gasteiger partial charge in [0.25, 0.3) is 0 Å². The van der Waals surface area contributed by atoms with E-state index in [1.54, 1.807) is 0 Å². The van der Waals surface area contributed by atoms with E-state index in [1.165, 1.54) is 17.5 Å². The van der Waals surface area contributed by atoms with Gasteiger partial charge in [-0.2, -0.15) is 0 Å². The van der Waals surface area contributed by atoms with E-state index in [4.69, 9.17) is 0 Å². The molecule has 6 nitrogen and oxygen atoms in total. The van der Waals surface area contributed by atoms with Gasteiger partial charge in [0.1, 0.15) is 11.6 Å². The average Bonchev–Trinajstić information content (AvgIpc) is 2.88. The number of nitrogens with zero attached hydrogens (tertiary/aromatic N) is 4. The highest BCUT2D eigenvalue weighted by atomic mass is 16.1. The van der Waals surface area contributed by atoms with Crippen LogP contribution in [0.5, 0.6) is 0 Å². The Balaban J connectivity index is 1.30. The fourth-order valence-corrected chi connectivity index (χ4v) is 3.83. The summed E-state index contributed by atoms with van der Waals surface area (Å²) in [5, 5.41) is 11.8. The summed E-state index contributed by atoms with van der Waals surface area (Å²) in [4.78, 5) is 14.5. The van der Waals surface area contributed by atoms with Crippen LogP contribution in [0, 0.1) is 12.8 Å². The van der Waals surface area contributed by atoms with Crippen molar-refractivity contribution < 1.29 is 4.79 Å². The van der Waals surface area contributed by atoms with Crippen LogP contribution in [-0.4, -0.2) is 45.2 Å². The third-order valence-electron chi connectivity index (χ3n) is 5.85. The van der Waals surface area contributed by atoms with Gasteiger partial charge in [-0.3, -0.25) is 9.69 Å². The van der Waals surface area contributed by atoms with Crippen molar-refractivity contribution in [3.05, 3.63) is 47.0 Å². The number of aromatic nitrogens is 3. The molecule has 27 heavy (non-hydrogen) atoms. The maximum absolute atomic E-state index is 12.0. The van der Waals surface area contributed by atoms with Crippen molar-refractivity contribution in [3.63, 3.8) is 0 Å². The molecule has 1 aromatic carbocycles. The van der Waals surface area contributed by atoms with E-state index in [1.807, 2.05) is 0 Å². The molecule has 6 heteroatoms. The first-order chi connectivity index (χ1) is 13.2. The summed E-state index contributed by atoms with van der Waals surface area (Å²) in [6, 6.07) is 8.79. The maximum atomic E-state index is 12.0. The summed E-state index contributed by atoms with van der Waals surface area (Å²) >= 11 is 0. The van der Waals surface area contributed by atoms with Crippen LogP contribution < -0.4 is 5.32 Å². The van der Waals surface area contributed by atoms with Crippen molar-refractivity contribution in [1.29, 1.82) is 0 Å². The van der Waals surface area contributed by atoms with Gasteiger partial charge in [-0.1, -0.05) is 36.2 Å². The number of fused-ring (bicyclic) bond motifs is 1. The Morgan fingerprint density at radius 3 is 2.70 bits per heavy atom. The lowest BCUT2D eigenvalue weighted by atomic mass is 9.85. The number of carbonyl (C=O) groups is 1. The molecule has 1 fully saturated rings. The van der Waals surface area contributed by atoms with Crippen LogP contribution in [0.3, 0.4) is 0 Å². The molecule has 144 valence electrons. The first kappa shape index (κ1) is 18.2. The summed E-state index contributed by atoms with van der Waals surface area (Å²) in [6.07, 6.45) is 4.96. The predicted octanol–water partition coefficient (Wildman–Crippen LogP) is 2.10. The first-order valence-electron chi connectivity index (χ1n) is 10.2. The zero-order valence-corrected chi connectivity index (χ0v) is 16.2. The highest BCUT2D eigenvalue weighted by Gasteiger charge is 2.25. The summed E-state index contributed by atoms with van der Waals surface area (Å²) in [5.74, 6) is 2.52. The molecule has 2 heterocycles. The normalized spacial score (nSPS) is 17.8. The first-order valence-corrected chi connectivity index (χ1v) is 10.2. The van der Waals surface area contributed by atoms with Crippen LogP contribution in [0.25, 0.3) is 0 Å². The highest BCUT2D eigenvalue weighted by molar-refractivity contribution is 5.79. The molecule has 4 rings (SSSR count). The topological polar surface area (TPSA) is 63.1 Å². The second-order valence-corrected chi connectivity index (χ2v) is 7.86. The Labute approximate surface area is 161 Å². The minimum absolute atomic E-state index is 0.209. The van der Waals surface area contributed by atoms with Crippen molar-refractivity contribution in [2.24, 2.45) is 5.92 Å². The van der Waals surface area contributed by atoms with E-state index < -0.39 is 0 Å². The van der Waals surface area contributed by atoms with Crippen LogP contribution >= 0.6 is 0 Å². The van der Waals surface area contributed by atoms with Crippen molar-refractivity contribution in [2.75, 3.05) is 19.6 Å². The van der Waals surface area contributed by atoms with Gasteiger partial charge in [0.05, 0.1) is 0 Å². The smallest absolute Gasteiger partial charge is 0.223 e. The molecule has 1 saturated carbocycles. The van der Waals surface area contributed by atoms with Gasteiger partial charge in [0, 0.05) is 51.5 Å². The van der Waals surface area contributed by atoms with Gasteiger partial charge in [0.2, 0.25) is 5.91 Å². The molecule has 1 aromatic heterocycles. The SMILES string of the molecule is Cc1ccc(CN2CCc3nnc(CCNC(=O)C4CCC4)n3CC2)cc1. The number of aryl methyl sites for hydroxylation is 1. The molecule has 0 radical (unpaired) electrons. The van der Waals surface area contributed by atoms with Gasteiger partial charge in [-0.25, -0.2) is 0 Å². The summed E-state index contributed by atoms with van der Waals surface area (Å²) in [5.41, 5.74) is 2.66. The molecule has 1 N–H and O–H groups in total. The second kappa shape index (κ2) is 8.21. The molecular weight excluding hydrogens is 338 g/mol. The zero-order chi connectivity index (χ0) is 18.6. The quantitative estimate of drug-likeness (QED) is 0.849. The monoisotopic (exact) mass is 367 g/mol. The van der Waals surface area contributed by atoms with E-state index >= 15 is 0 Å². The van der Waals surface area contributed by atoms with Gasteiger partial charge in [-0.15, -0.1) is 10.2 Å². The van der Waals surface area contributed by atoms with E-state index in [0.29, 0.717) is 6.54 Å². The minimum Gasteiger partial charge on any atom is -0.355 e. The Hall–Kier alpha value is -2.21. The van der Waals surface area contributed by atoms with Crippen LogP contribution in [0.2, 0.25) is 0 Å². The molecule has 0 spiro atoms. The van der Waals surface area contributed by atoms with E-state index in [9.17, 15) is 4.79 Å². The Morgan fingerprint density at radius 2 is 1.96 bits per heavy atom. The molecule has 1 amide bonds. The fourth-order valence-electron chi connectivity index (χ4n) is 3.83. The lowest BCUT2D eigenvalue weighted by Gasteiger charge is -2.24. The number of rotatable bonds is 6. The van der Waals surface area contributed by atoms with Gasteiger partial charge < -0.3 is 9.88 Å². The van der Waals surface area contributed by atoms with E-state index in [2.05, 4.69) is 56.2 Å². The van der Waals surface area contributed by atoms with Crippen LogP contribution in [0.1, 0.15) is 42.0 Å². The van der Waals surface area contributed by atoms with E-state index in [0.717, 1.165) is 63.5 Å². The maximum Gasteiger partial charge on any atom is 0.223 e.